The van der Waals surface area contributed by atoms with Crippen LogP contribution >= 0.6 is 23.4 Å². The number of methoxy groups -OCH3 is 1. The van der Waals surface area contributed by atoms with E-state index in [0.29, 0.717) is 39.3 Å². The molecule has 0 radical (unpaired) electrons. The fraction of sp³-hybridized carbons (Fsp3) is 0.161. The minimum absolute atomic E-state index is 0.154. The summed E-state index contributed by atoms with van der Waals surface area (Å²) < 4.78 is 17.4. The van der Waals surface area contributed by atoms with Crippen LogP contribution in [0.2, 0.25) is 5.02 Å². The van der Waals surface area contributed by atoms with Crippen LogP contribution in [0.4, 0.5) is 4.79 Å². The zero-order valence-corrected chi connectivity index (χ0v) is 23.1. The second-order valence-corrected chi connectivity index (χ2v) is 10.4. The highest BCUT2D eigenvalue weighted by molar-refractivity contribution is 8.18. The highest BCUT2D eigenvalue weighted by Crippen LogP contribution is 2.39. The summed E-state index contributed by atoms with van der Waals surface area (Å²) in [5.41, 5.74) is 2.71. The van der Waals surface area contributed by atoms with E-state index >= 15 is 0 Å². The number of nitrogens with zero attached hydrogens (tertiary/aromatic N) is 1. The lowest BCUT2D eigenvalue weighted by Gasteiger charge is -2.15. The number of carbonyl (C=O) groups is 2. The molecule has 0 bridgehead atoms. The Morgan fingerprint density at radius 3 is 2.56 bits per heavy atom. The highest BCUT2D eigenvalue weighted by atomic mass is 35.5. The lowest BCUT2D eigenvalue weighted by Crippen LogP contribution is -2.32. The van der Waals surface area contributed by atoms with Gasteiger partial charge in [0.1, 0.15) is 19.0 Å². The topological polar surface area (TPSA) is 65.1 Å². The summed E-state index contributed by atoms with van der Waals surface area (Å²) in [6, 6.07) is 25.2. The van der Waals surface area contributed by atoms with E-state index in [0.717, 1.165) is 33.7 Å². The molecule has 0 aliphatic carbocycles. The first-order chi connectivity index (χ1) is 18.9. The highest BCUT2D eigenvalue weighted by Gasteiger charge is 2.35. The molecular formula is C31H26ClNO5S. The smallest absolute Gasteiger partial charge is 0.293 e. The van der Waals surface area contributed by atoms with Crippen molar-refractivity contribution in [1.29, 1.82) is 0 Å². The van der Waals surface area contributed by atoms with Crippen LogP contribution in [0.3, 0.4) is 0 Å². The van der Waals surface area contributed by atoms with Gasteiger partial charge in [0.25, 0.3) is 11.1 Å². The molecule has 0 saturated carbocycles. The Morgan fingerprint density at radius 1 is 0.949 bits per heavy atom. The van der Waals surface area contributed by atoms with Crippen LogP contribution in [0.5, 0.6) is 17.2 Å². The van der Waals surface area contributed by atoms with E-state index in [4.69, 9.17) is 25.8 Å². The van der Waals surface area contributed by atoms with Crippen LogP contribution in [-0.2, 0) is 11.4 Å². The molecule has 1 heterocycles. The normalized spacial score (nSPS) is 14.3. The number of hydrogen-bond donors (Lipinski definition) is 0. The van der Waals surface area contributed by atoms with E-state index in [1.807, 2.05) is 55.5 Å². The predicted octanol–water partition coefficient (Wildman–Crippen LogP) is 7.50. The maximum atomic E-state index is 13.0. The number of carbonyl (C=O) groups excluding carboxylic acids is 2. The minimum atomic E-state index is -0.371. The lowest BCUT2D eigenvalue weighted by atomic mass is 10.1. The number of halogens is 1. The van der Waals surface area contributed by atoms with E-state index in [1.54, 1.807) is 18.2 Å². The number of fused-ring (bicyclic) bond motifs is 1. The molecule has 5 rings (SSSR count). The SMILES string of the molecule is COc1cc(/C=C2\SC(=O)N(CCOc3cccc(C)c3)C2=O)cc(Cl)c1OCc1cccc2ccccc12. The molecule has 2 amide bonds. The molecule has 0 spiro atoms. The van der Waals surface area contributed by atoms with Gasteiger partial charge < -0.3 is 14.2 Å². The standard InChI is InChI=1S/C31H26ClNO5S/c1-20-7-5-11-24(15-20)37-14-13-33-30(34)28(39-31(33)35)18-21-16-26(32)29(27(17-21)36-2)38-19-23-10-6-9-22-8-3-4-12-25(22)23/h3-12,15-18H,13-14,19H2,1-2H3/b28-18-. The Labute approximate surface area is 236 Å². The molecule has 0 N–H and O–H groups in total. The number of rotatable bonds is 9. The Morgan fingerprint density at radius 2 is 1.74 bits per heavy atom. The second-order valence-electron chi connectivity index (χ2n) is 8.96. The van der Waals surface area contributed by atoms with Crippen molar-refractivity contribution in [3.63, 3.8) is 0 Å². The molecule has 1 fully saturated rings. The number of imide groups is 1. The predicted molar refractivity (Wildman–Crippen MR) is 156 cm³/mol. The van der Waals surface area contributed by atoms with E-state index in [1.165, 1.54) is 12.0 Å². The molecule has 0 unspecified atom stereocenters. The van der Waals surface area contributed by atoms with Crippen molar-refractivity contribution in [3.05, 3.63) is 105 Å². The summed E-state index contributed by atoms with van der Waals surface area (Å²) >= 11 is 7.48. The first kappa shape index (κ1) is 26.7. The quantitative estimate of drug-likeness (QED) is 0.198. The molecule has 0 atom stereocenters. The van der Waals surface area contributed by atoms with Gasteiger partial charge in [-0.15, -0.1) is 0 Å². The van der Waals surface area contributed by atoms with Gasteiger partial charge in [0, 0.05) is 0 Å². The van der Waals surface area contributed by atoms with E-state index in [9.17, 15) is 9.59 Å². The minimum Gasteiger partial charge on any atom is -0.493 e. The third-order valence-corrected chi connectivity index (χ3v) is 7.44. The fourth-order valence-corrected chi connectivity index (χ4v) is 5.47. The third kappa shape index (κ3) is 6.05. The number of amides is 2. The van der Waals surface area contributed by atoms with Crippen molar-refractivity contribution in [3.8, 4) is 17.2 Å². The Balaban J connectivity index is 1.28. The van der Waals surface area contributed by atoms with E-state index in [2.05, 4.69) is 18.2 Å². The van der Waals surface area contributed by atoms with Crippen LogP contribution < -0.4 is 14.2 Å². The molecule has 6 nitrogen and oxygen atoms in total. The average molecular weight is 560 g/mol. The van der Waals surface area contributed by atoms with Crippen LogP contribution in [-0.4, -0.2) is 36.3 Å². The van der Waals surface area contributed by atoms with Gasteiger partial charge in [0.2, 0.25) is 0 Å². The molecule has 198 valence electrons. The van der Waals surface area contributed by atoms with Crippen LogP contribution in [0, 0.1) is 6.92 Å². The molecule has 39 heavy (non-hydrogen) atoms. The second kappa shape index (κ2) is 11.8. The van der Waals surface area contributed by atoms with Gasteiger partial charge in [0.15, 0.2) is 11.5 Å². The fourth-order valence-electron chi connectivity index (χ4n) is 4.34. The van der Waals surface area contributed by atoms with E-state index < -0.39 is 0 Å². The van der Waals surface area contributed by atoms with Crippen molar-refractivity contribution >= 4 is 51.4 Å². The summed E-state index contributed by atoms with van der Waals surface area (Å²) in [5.74, 6) is 1.16. The molecule has 1 aliphatic heterocycles. The monoisotopic (exact) mass is 559 g/mol. The lowest BCUT2D eigenvalue weighted by molar-refractivity contribution is -0.123. The van der Waals surface area contributed by atoms with Crippen LogP contribution in [0.1, 0.15) is 16.7 Å². The van der Waals surface area contributed by atoms with Crippen molar-refractivity contribution in [2.24, 2.45) is 0 Å². The van der Waals surface area contributed by atoms with Gasteiger partial charge in [-0.2, -0.15) is 0 Å². The van der Waals surface area contributed by atoms with Gasteiger partial charge >= 0.3 is 0 Å². The van der Waals surface area contributed by atoms with Gasteiger partial charge in [-0.25, -0.2) is 0 Å². The van der Waals surface area contributed by atoms with Gasteiger partial charge in [0.05, 0.1) is 23.6 Å². The summed E-state index contributed by atoms with van der Waals surface area (Å²) in [4.78, 5) is 27.0. The molecule has 0 aromatic heterocycles. The molecule has 4 aromatic carbocycles. The third-order valence-electron chi connectivity index (χ3n) is 6.25. The first-order valence-electron chi connectivity index (χ1n) is 12.3. The molecular weight excluding hydrogens is 534 g/mol. The Hall–Kier alpha value is -3.94. The average Bonchev–Trinajstić information content (AvgIpc) is 3.19. The summed E-state index contributed by atoms with van der Waals surface area (Å²) in [6.45, 7) is 2.64. The maximum Gasteiger partial charge on any atom is 0.293 e. The van der Waals surface area contributed by atoms with Gasteiger partial charge in [-0.05, 0) is 76.5 Å². The molecule has 1 aliphatic rings. The summed E-state index contributed by atoms with van der Waals surface area (Å²) in [5, 5.41) is 2.23. The van der Waals surface area contributed by atoms with E-state index in [-0.39, 0.29) is 24.3 Å². The first-order valence-corrected chi connectivity index (χ1v) is 13.5. The zero-order valence-electron chi connectivity index (χ0n) is 21.5. The summed E-state index contributed by atoms with van der Waals surface area (Å²) in [7, 11) is 1.53. The van der Waals surface area contributed by atoms with Crippen molar-refractivity contribution in [2.45, 2.75) is 13.5 Å². The Kier molecular flexibility index (Phi) is 8.10. The number of thioether (sulfide) groups is 1. The maximum absolute atomic E-state index is 13.0. The molecule has 1 saturated heterocycles. The van der Waals surface area contributed by atoms with Crippen LogP contribution in [0.25, 0.3) is 16.8 Å². The Bertz CT molecular complexity index is 1580. The van der Waals surface area contributed by atoms with Gasteiger partial charge in [-0.3, -0.25) is 14.5 Å². The van der Waals surface area contributed by atoms with Crippen LogP contribution in [0.15, 0.2) is 83.8 Å². The van der Waals surface area contributed by atoms with Crippen molar-refractivity contribution in [1.82, 2.24) is 4.90 Å². The van der Waals surface area contributed by atoms with Gasteiger partial charge in [-0.1, -0.05) is 66.2 Å². The number of ether oxygens (including phenoxy) is 3. The van der Waals surface area contributed by atoms with Crippen molar-refractivity contribution in [2.75, 3.05) is 20.3 Å². The zero-order chi connectivity index (χ0) is 27.4. The summed E-state index contributed by atoms with van der Waals surface area (Å²) in [6.07, 6.45) is 1.63. The number of hydrogen-bond acceptors (Lipinski definition) is 6. The largest absolute Gasteiger partial charge is 0.493 e. The number of aryl methyl sites for hydroxylation is 1. The van der Waals surface area contributed by atoms with Crippen molar-refractivity contribution < 1.29 is 23.8 Å². The number of benzene rings is 4. The molecule has 8 heteroatoms. The molecule has 4 aromatic rings.